The summed E-state index contributed by atoms with van der Waals surface area (Å²) in [6, 6.07) is 0. The minimum absolute atomic E-state index is 0.535. The molecule has 0 aliphatic heterocycles. The molecule has 0 unspecified atom stereocenters. The molecular weight excluding hydrogens is 203 g/mol. The van der Waals surface area contributed by atoms with Crippen LogP contribution in [0.15, 0.2) is 0 Å². The third-order valence-corrected chi connectivity index (χ3v) is 8.43. The van der Waals surface area contributed by atoms with Crippen molar-refractivity contribution in [2.24, 2.45) is 0 Å². The van der Waals surface area contributed by atoms with E-state index in [1.54, 1.807) is 0 Å². The van der Waals surface area contributed by atoms with Crippen LogP contribution in [0.25, 0.3) is 0 Å². The first-order chi connectivity index (χ1) is 7.24. The topological polar surface area (TPSA) is 20.2 Å². The Labute approximate surface area is 97.0 Å². The number of hydrogen-bond donors (Lipinski definition) is 1. The van der Waals surface area contributed by atoms with E-state index < -0.39 is 7.26 Å². The average Bonchev–Trinajstić information content (AvgIpc) is 2.29. The van der Waals surface area contributed by atoms with Crippen molar-refractivity contribution in [2.45, 2.75) is 59.3 Å². The molecule has 0 aromatic heterocycles. The van der Waals surface area contributed by atoms with Crippen LogP contribution in [-0.2, 0) is 0 Å². The maximum absolute atomic E-state index is 9.72. The molecule has 0 aromatic rings. The molecule has 0 bridgehead atoms. The zero-order valence-electron chi connectivity index (χ0n) is 11.0. The van der Waals surface area contributed by atoms with E-state index in [1.807, 2.05) is 0 Å². The summed E-state index contributed by atoms with van der Waals surface area (Å²) < 4.78 is 0. The van der Waals surface area contributed by atoms with Crippen LogP contribution in [0, 0.1) is 0 Å². The Bertz CT molecular complexity index is 115. The summed E-state index contributed by atoms with van der Waals surface area (Å²) in [5.41, 5.74) is 0. The molecule has 0 aromatic carbocycles. The van der Waals surface area contributed by atoms with Gasteiger partial charge in [0.05, 0.1) is 0 Å². The van der Waals surface area contributed by atoms with Crippen molar-refractivity contribution >= 4 is 7.26 Å². The second-order valence-corrected chi connectivity index (χ2v) is 9.79. The van der Waals surface area contributed by atoms with Crippen LogP contribution in [0.2, 0.25) is 0 Å². The molecule has 0 fully saturated rings. The molecule has 0 rings (SSSR count). The van der Waals surface area contributed by atoms with Gasteiger partial charge in [0, 0.05) is 0 Å². The standard InChI is InChI=1S/C13H31OP/c1-4-7-10-15(13-14,11-8-5-2)12-9-6-3/h14-15H,4-13H2,1-3H3. The van der Waals surface area contributed by atoms with Crippen molar-refractivity contribution in [3.8, 4) is 0 Å². The van der Waals surface area contributed by atoms with Crippen molar-refractivity contribution in [1.82, 2.24) is 0 Å². The molecule has 0 amide bonds. The van der Waals surface area contributed by atoms with E-state index in [-0.39, 0.29) is 0 Å². The molecule has 1 nitrogen and oxygen atoms in total. The summed E-state index contributed by atoms with van der Waals surface area (Å²) in [6.45, 7) is 6.78. The first-order valence-corrected chi connectivity index (χ1v) is 9.68. The second-order valence-electron chi connectivity index (χ2n) is 4.97. The average molecular weight is 234 g/mol. The van der Waals surface area contributed by atoms with Gasteiger partial charge in [0.15, 0.2) is 0 Å². The maximum atomic E-state index is 9.72. The minimum atomic E-state index is -1.28. The normalized spacial score (nSPS) is 13.1. The van der Waals surface area contributed by atoms with Crippen molar-refractivity contribution < 1.29 is 5.11 Å². The molecule has 0 saturated heterocycles. The van der Waals surface area contributed by atoms with Gasteiger partial charge in [-0.1, -0.05) is 0 Å². The van der Waals surface area contributed by atoms with E-state index in [2.05, 4.69) is 20.8 Å². The van der Waals surface area contributed by atoms with Crippen LogP contribution in [0.5, 0.6) is 0 Å². The monoisotopic (exact) mass is 234 g/mol. The number of hydrogen-bond acceptors (Lipinski definition) is 1. The molecule has 94 valence electrons. The van der Waals surface area contributed by atoms with Crippen LogP contribution in [0.4, 0.5) is 0 Å². The summed E-state index contributed by atoms with van der Waals surface area (Å²) in [5, 5.41) is 9.72. The predicted molar refractivity (Wildman–Crippen MR) is 74.7 cm³/mol. The molecule has 0 heterocycles. The molecule has 0 radical (unpaired) electrons. The Morgan fingerprint density at radius 2 is 1.07 bits per heavy atom. The number of rotatable bonds is 10. The number of aliphatic hydroxyl groups excluding tert-OH is 1. The predicted octanol–water partition coefficient (Wildman–Crippen LogP) is 4.09. The molecule has 1 N–H and O–H groups in total. The molecule has 0 spiro atoms. The van der Waals surface area contributed by atoms with Crippen LogP contribution >= 0.6 is 7.26 Å². The molecule has 15 heavy (non-hydrogen) atoms. The molecule has 0 aliphatic carbocycles. The van der Waals surface area contributed by atoms with E-state index in [4.69, 9.17) is 0 Å². The Morgan fingerprint density at radius 1 is 0.733 bits per heavy atom. The van der Waals surface area contributed by atoms with Gasteiger partial charge in [0.2, 0.25) is 0 Å². The number of aliphatic hydroxyl groups is 1. The van der Waals surface area contributed by atoms with Gasteiger partial charge < -0.3 is 0 Å². The summed E-state index contributed by atoms with van der Waals surface area (Å²) in [4.78, 5) is 0. The van der Waals surface area contributed by atoms with E-state index in [9.17, 15) is 5.11 Å². The van der Waals surface area contributed by atoms with Crippen LogP contribution in [0.1, 0.15) is 59.3 Å². The van der Waals surface area contributed by atoms with E-state index in [0.29, 0.717) is 6.35 Å². The van der Waals surface area contributed by atoms with Gasteiger partial charge in [-0.2, -0.15) is 0 Å². The zero-order valence-corrected chi connectivity index (χ0v) is 12.0. The molecule has 2 heteroatoms. The van der Waals surface area contributed by atoms with Gasteiger partial charge in [-0.25, -0.2) is 0 Å². The molecule has 0 aliphatic rings. The fourth-order valence-electron chi connectivity index (χ4n) is 2.27. The van der Waals surface area contributed by atoms with Gasteiger partial charge in [0.1, 0.15) is 0 Å². The molecular formula is C13H31OP. The van der Waals surface area contributed by atoms with Crippen LogP contribution < -0.4 is 0 Å². The second kappa shape index (κ2) is 9.60. The van der Waals surface area contributed by atoms with Crippen molar-refractivity contribution in [3.05, 3.63) is 0 Å². The van der Waals surface area contributed by atoms with Crippen LogP contribution in [0.3, 0.4) is 0 Å². The van der Waals surface area contributed by atoms with E-state index in [1.165, 1.54) is 57.0 Å². The Balaban J connectivity index is 4.16. The first kappa shape index (κ1) is 15.4. The van der Waals surface area contributed by atoms with E-state index >= 15 is 0 Å². The summed E-state index contributed by atoms with van der Waals surface area (Å²) in [7, 11) is -1.28. The Hall–Kier alpha value is 0.390. The first-order valence-electron chi connectivity index (χ1n) is 6.85. The van der Waals surface area contributed by atoms with Gasteiger partial charge in [-0.15, -0.1) is 0 Å². The SMILES string of the molecule is CCCC[PH](CO)(CCCC)CCCC. The molecule has 0 saturated carbocycles. The zero-order chi connectivity index (χ0) is 11.6. The Kier molecular flexibility index (Phi) is 9.85. The van der Waals surface area contributed by atoms with Crippen molar-refractivity contribution in [1.29, 1.82) is 0 Å². The quantitative estimate of drug-likeness (QED) is 0.565. The molecule has 0 atom stereocenters. The van der Waals surface area contributed by atoms with Gasteiger partial charge >= 0.3 is 96.5 Å². The van der Waals surface area contributed by atoms with Gasteiger partial charge in [-0.05, 0) is 0 Å². The summed E-state index contributed by atoms with van der Waals surface area (Å²) in [5.74, 6) is 0. The number of unbranched alkanes of at least 4 members (excludes halogenated alkanes) is 3. The van der Waals surface area contributed by atoms with Crippen molar-refractivity contribution in [3.63, 3.8) is 0 Å². The third-order valence-electron chi connectivity index (χ3n) is 3.52. The van der Waals surface area contributed by atoms with Crippen molar-refractivity contribution in [2.75, 3.05) is 24.8 Å². The third kappa shape index (κ3) is 6.53. The van der Waals surface area contributed by atoms with E-state index in [0.717, 1.165) is 0 Å². The van der Waals surface area contributed by atoms with Gasteiger partial charge in [-0.3, -0.25) is 0 Å². The summed E-state index contributed by atoms with van der Waals surface area (Å²) in [6.07, 6.45) is 12.5. The van der Waals surface area contributed by atoms with Crippen LogP contribution in [-0.4, -0.2) is 29.9 Å². The van der Waals surface area contributed by atoms with Gasteiger partial charge in [0.25, 0.3) is 0 Å². The fraction of sp³-hybridized carbons (Fsp3) is 1.00. The fourth-order valence-corrected chi connectivity index (χ4v) is 6.80. The Morgan fingerprint density at radius 3 is 1.27 bits per heavy atom. The summed E-state index contributed by atoms with van der Waals surface area (Å²) >= 11 is 0.